The van der Waals surface area contributed by atoms with Crippen LogP contribution >= 0.6 is 0 Å². The zero-order valence-electron chi connectivity index (χ0n) is 24.5. The van der Waals surface area contributed by atoms with Crippen LogP contribution in [-0.2, 0) is 11.2 Å². The van der Waals surface area contributed by atoms with Crippen molar-refractivity contribution >= 4 is 6.29 Å². The summed E-state index contributed by atoms with van der Waals surface area (Å²) in [7, 11) is 0. The zero-order chi connectivity index (χ0) is 27.3. The predicted octanol–water partition coefficient (Wildman–Crippen LogP) is 8.66. The quantitative estimate of drug-likeness (QED) is 0.183. The van der Waals surface area contributed by atoms with Crippen LogP contribution in [0.1, 0.15) is 145 Å². The smallest absolute Gasteiger partial charge is 0.147 e. The van der Waals surface area contributed by atoms with Gasteiger partial charge in [-0.25, -0.2) is 0 Å². The van der Waals surface area contributed by atoms with E-state index in [0.29, 0.717) is 12.2 Å². The van der Waals surface area contributed by atoms with E-state index in [2.05, 4.69) is 38.6 Å². The van der Waals surface area contributed by atoms with Crippen LogP contribution in [0.4, 0.5) is 0 Å². The van der Waals surface area contributed by atoms with Gasteiger partial charge >= 0.3 is 0 Å². The zero-order valence-corrected chi connectivity index (χ0v) is 24.5. The number of hydrogen-bond donors (Lipinski definition) is 2. The summed E-state index contributed by atoms with van der Waals surface area (Å²) in [6, 6.07) is 7.53. The lowest BCUT2D eigenvalue weighted by Crippen LogP contribution is -2.25. The van der Waals surface area contributed by atoms with Crippen molar-refractivity contribution in [3.05, 3.63) is 47.0 Å². The van der Waals surface area contributed by atoms with E-state index in [1.807, 2.05) is 0 Å². The summed E-state index contributed by atoms with van der Waals surface area (Å²) in [6.07, 6.45) is 23.6. The van der Waals surface area contributed by atoms with Crippen molar-refractivity contribution in [3.63, 3.8) is 0 Å². The first-order valence-electron chi connectivity index (χ1n) is 16.0. The number of aliphatic hydroxyl groups is 2. The van der Waals surface area contributed by atoms with Crippen LogP contribution in [0.5, 0.6) is 0 Å². The molecule has 0 unspecified atom stereocenters. The molecule has 0 bridgehead atoms. The normalized spacial score (nSPS) is 29.7. The molecule has 3 aliphatic carbocycles. The van der Waals surface area contributed by atoms with Crippen molar-refractivity contribution in [2.75, 3.05) is 6.61 Å². The fraction of sp³-hybridized carbons (Fsp3) is 0.743. The summed E-state index contributed by atoms with van der Waals surface area (Å²) in [5, 5.41) is 17.9. The Hall–Kier alpha value is -1.45. The van der Waals surface area contributed by atoms with Crippen LogP contribution in [0.25, 0.3) is 0 Å². The molecular formula is C35H56O3. The van der Waals surface area contributed by atoms with Crippen LogP contribution in [0, 0.1) is 17.8 Å². The first-order chi connectivity index (χ1) is 18.5. The third kappa shape index (κ3) is 9.33. The van der Waals surface area contributed by atoms with Crippen LogP contribution in [0.3, 0.4) is 0 Å². The van der Waals surface area contributed by atoms with Gasteiger partial charge in [-0.3, -0.25) is 4.79 Å². The Balaban J connectivity index is 0.000000599. The van der Waals surface area contributed by atoms with Crippen molar-refractivity contribution in [1.82, 2.24) is 0 Å². The van der Waals surface area contributed by atoms with E-state index in [0.717, 1.165) is 42.9 Å². The molecule has 2 N–H and O–H groups in total. The van der Waals surface area contributed by atoms with E-state index < -0.39 is 0 Å². The molecule has 0 aliphatic heterocycles. The fourth-order valence-electron chi connectivity index (χ4n) is 7.56. The minimum Gasteiger partial charge on any atom is -0.393 e. The van der Waals surface area contributed by atoms with Gasteiger partial charge in [-0.05, 0) is 117 Å². The highest BCUT2D eigenvalue weighted by atomic mass is 16.3. The molecule has 1 aromatic carbocycles. The standard InChI is InChI=1S/C31H50O.C4H6O2/c1-3-5-6-7-23-8-10-25(11-9-23)26-12-14-27(15-13-26)29-18-21-31(24(4-2)22-29)28-16-19-30(32)20-17-28;1-4(2-5)3-6/h18,21-23,25-28,30,32H,3-17,19-20H2,1-2H3;2,6H,1,3H2. The Bertz CT molecular complexity index is 822. The molecule has 3 heteroatoms. The average Bonchev–Trinajstić information content (AvgIpc) is 2.98. The van der Waals surface area contributed by atoms with E-state index in [4.69, 9.17) is 5.11 Å². The molecule has 3 aliphatic rings. The maximum Gasteiger partial charge on any atom is 0.147 e. The number of aliphatic hydroxyl groups excluding tert-OH is 2. The highest BCUT2D eigenvalue weighted by Crippen LogP contribution is 2.45. The van der Waals surface area contributed by atoms with Gasteiger partial charge < -0.3 is 10.2 Å². The number of unbranched alkanes of at least 4 members (excludes halogenated alkanes) is 2. The highest BCUT2D eigenvalue weighted by molar-refractivity contribution is 5.72. The minimum atomic E-state index is -0.233. The number of carbonyl (C=O) groups excluding carboxylic acids is 1. The first kappa shape index (κ1) is 31.1. The van der Waals surface area contributed by atoms with Crippen molar-refractivity contribution in [2.24, 2.45) is 17.8 Å². The maximum atomic E-state index is 9.89. The molecule has 4 rings (SSSR count). The lowest BCUT2D eigenvalue weighted by atomic mass is 9.67. The summed E-state index contributed by atoms with van der Waals surface area (Å²) >= 11 is 0. The SMILES string of the molecule is C=C(C=O)CO.CCCCCC1CCC(C2CCC(c3ccc(C4CCC(O)CC4)c(CC)c3)CC2)CC1. The van der Waals surface area contributed by atoms with Gasteiger partial charge in [0, 0.05) is 5.57 Å². The van der Waals surface area contributed by atoms with Crippen molar-refractivity contribution in [2.45, 2.75) is 141 Å². The number of carbonyl (C=O) groups is 1. The van der Waals surface area contributed by atoms with Gasteiger partial charge in [0.25, 0.3) is 0 Å². The lowest BCUT2D eigenvalue weighted by molar-refractivity contribution is -0.105. The second-order valence-corrected chi connectivity index (χ2v) is 12.6. The molecule has 0 radical (unpaired) electrons. The van der Waals surface area contributed by atoms with Gasteiger partial charge in [0.15, 0.2) is 0 Å². The molecule has 38 heavy (non-hydrogen) atoms. The van der Waals surface area contributed by atoms with E-state index in [9.17, 15) is 9.90 Å². The third-order valence-electron chi connectivity index (χ3n) is 10.1. The first-order valence-corrected chi connectivity index (χ1v) is 16.0. The van der Waals surface area contributed by atoms with E-state index >= 15 is 0 Å². The molecule has 0 atom stereocenters. The molecule has 3 saturated carbocycles. The number of aryl methyl sites for hydroxylation is 1. The van der Waals surface area contributed by atoms with Crippen molar-refractivity contribution < 1.29 is 15.0 Å². The second-order valence-electron chi connectivity index (χ2n) is 12.6. The molecule has 0 heterocycles. The van der Waals surface area contributed by atoms with Gasteiger partial charge in [-0.15, -0.1) is 0 Å². The Morgan fingerprint density at radius 1 is 0.868 bits per heavy atom. The topological polar surface area (TPSA) is 57.5 Å². The van der Waals surface area contributed by atoms with Crippen LogP contribution in [-0.4, -0.2) is 29.2 Å². The fourth-order valence-corrected chi connectivity index (χ4v) is 7.56. The van der Waals surface area contributed by atoms with Gasteiger partial charge in [-0.1, -0.05) is 77.2 Å². The monoisotopic (exact) mass is 524 g/mol. The lowest BCUT2D eigenvalue weighted by Gasteiger charge is -2.38. The minimum absolute atomic E-state index is 0.0538. The summed E-state index contributed by atoms with van der Waals surface area (Å²) < 4.78 is 0. The van der Waals surface area contributed by atoms with Gasteiger partial charge in [0.1, 0.15) is 6.29 Å². The summed E-state index contributed by atoms with van der Waals surface area (Å²) in [4.78, 5) is 9.48. The summed E-state index contributed by atoms with van der Waals surface area (Å²) in [6.45, 7) is 7.60. The van der Waals surface area contributed by atoms with Crippen molar-refractivity contribution in [1.29, 1.82) is 0 Å². The number of hydrogen-bond acceptors (Lipinski definition) is 3. The van der Waals surface area contributed by atoms with Crippen LogP contribution in [0.15, 0.2) is 30.4 Å². The van der Waals surface area contributed by atoms with Gasteiger partial charge in [0.2, 0.25) is 0 Å². The molecule has 3 fully saturated rings. The van der Waals surface area contributed by atoms with Crippen LogP contribution < -0.4 is 0 Å². The van der Waals surface area contributed by atoms with E-state index in [1.165, 1.54) is 89.9 Å². The molecule has 0 amide bonds. The van der Waals surface area contributed by atoms with Crippen molar-refractivity contribution in [3.8, 4) is 0 Å². The molecule has 3 nitrogen and oxygen atoms in total. The van der Waals surface area contributed by atoms with Crippen LogP contribution in [0.2, 0.25) is 0 Å². The maximum absolute atomic E-state index is 9.89. The molecule has 0 saturated heterocycles. The largest absolute Gasteiger partial charge is 0.393 e. The molecule has 214 valence electrons. The third-order valence-corrected chi connectivity index (χ3v) is 10.1. The number of aldehydes is 1. The average molecular weight is 525 g/mol. The molecule has 1 aromatic rings. The highest BCUT2D eigenvalue weighted by Gasteiger charge is 2.31. The van der Waals surface area contributed by atoms with Gasteiger partial charge in [0.05, 0.1) is 12.7 Å². The Morgan fingerprint density at radius 2 is 1.47 bits per heavy atom. The Kier molecular flexibility index (Phi) is 13.6. The Morgan fingerprint density at radius 3 is 2.00 bits per heavy atom. The number of rotatable bonds is 10. The predicted molar refractivity (Wildman–Crippen MR) is 160 cm³/mol. The Labute approximate surface area is 233 Å². The molecule has 0 spiro atoms. The summed E-state index contributed by atoms with van der Waals surface area (Å²) in [5.74, 6) is 4.57. The van der Waals surface area contributed by atoms with Gasteiger partial charge in [-0.2, -0.15) is 0 Å². The van der Waals surface area contributed by atoms with E-state index in [1.54, 1.807) is 16.7 Å². The number of benzene rings is 1. The molecular weight excluding hydrogens is 468 g/mol. The summed E-state index contributed by atoms with van der Waals surface area (Å²) in [5.41, 5.74) is 5.02. The second kappa shape index (κ2) is 16.6. The van der Waals surface area contributed by atoms with E-state index in [-0.39, 0.29) is 18.3 Å². The molecule has 0 aromatic heterocycles.